The topological polar surface area (TPSA) is 77.0 Å². The van der Waals surface area contributed by atoms with Crippen LogP contribution in [0.5, 0.6) is 0 Å². The van der Waals surface area contributed by atoms with Crippen molar-refractivity contribution in [2.45, 2.75) is 36.6 Å². The summed E-state index contributed by atoms with van der Waals surface area (Å²) in [5.41, 5.74) is 1.38. The molecule has 1 aliphatic rings. The number of thioether (sulfide) groups is 1. The van der Waals surface area contributed by atoms with E-state index in [0.717, 1.165) is 37.2 Å². The molecule has 0 spiro atoms. The average molecular weight is 428 g/mol. The molecule has 3 heterocycles. The van der Waals surface area contributed by atoms with Crippen LogP contribution in [0.4, 0.5) is 0 Å². The van der Waals surface area contributed by atoms with E-state index in [2.05, 4.69) is 40.5 Å². The molecule has 1 amide bonds. The van der Waals surface area contributed by atoms with E-state index in [1.54, 1.807) is 11.3 Å². The highest BCUT2D eigenvalue weighted by Gasteiger charge is 2.28. The van der Waals surface area contributed by atoms with E-state index in [1.165, 1.54) is 22.0 Å². The summed E-state index contributed by atoms with van der Waals surface area (Å²) in [4.78, 5) is 15.9. The number of amides is 1. The Hall–Kier alpha value is -2.32. The lowest BCUT2D eigenvalue weighted by Gasteiger charge is -2.33. The molecule has 0 bridgehead atoms. The van der Waals surface area contributed by atoms with Gasteiger partial charge in [0.15, 0.2) is 5.82 Å². The van der Waals surface area contributed by atoms with E-state index in [4.69, 9.17) is 5.84 Å². The van der Waals surface area contributed by atoms with Crippen molar-refractivity contribution in [2.75, 3.05) is 18.9 Å². The monoisotopic (exact) mass is 427 g/mol. The lowest BCUT2D eigenvalue weighted by atomic mass is 9.90. The van der Waals surface area contributed by atoms with Crippen LogP contribution in [0, 0.1) is 5.92 Å². The molecule has 2 aromatic heterocycles. The molecule has 2 N–H and O–H groups in total. The molecule has 3 aromatic rings. The summed E-state index contributed by atoms with van der Waals surface area (Å²) in [5.74, 6) is 7.58. The zero-order valence-electron chi connectivity index (χ0n) is 16.4. The van der Waals surface area contributed by atoms with Gasteiger partial charge in [0.2, 0.25) is 11.1 Å². The highest BCUT2D eigenvalue weighted by molar-refractivity contribution is 8.00. The fourth-order valence-corrected chi connectivity index (χ4v) is 5.26. The minimum absolute atomic E-state index is 0.147. The first-order chi connectivity index (χ1) is 14.1. The SMILES string of the molecule is CC(Sc1nnc(-c2cccs2)n1N)C(=O)N1CCC(Cc2ccccc2)CC1. The molecule has 4 rings (SSSR count). The lowest BCUT2D eigenvalue weighted by molar-refractivity contribution is -0.131. The number of nitrogen functional groups attached to an aromatic ring is 1. The molecule has 29 heavy (non-hydrogen) atoms. The Morgan fingerprint density at radius 2 is 1.97 bits per heavy atom. The Balaban J connectivity index is 1.31. The van der Waals surface area contributed by atoms with E-state index in [1.807, 2.05) is 29.3 Å². The summed E-state index contributed by atoms with van der Waals surface area (Å²) < 4.78 is 1.48. The number of thiophene rings is 1. The number of aromatic nitrogens is 3. The number of hydrogen-bond donors (Lipinski definition) is 1. The predicted molar refractivity (Wildman–Crippen MR) is 118 cm³/mol. The van der Waals surface area contributed by atoms with E-state index < -0.39 is 0 Å². The van der Waals surface area contributed by atoms with Gasteiger partial charge in [0, 0.05) is 13.1 Å². The minimum Gasteiger partial charge on any atom is -0.342 e. The Morgan fingerprint density at radius 3 is 2.66 bits per heavy atom. The van der Waals surface area contributed by atoms with Gasteiger partial charge in [-0.25, -0.2) is 4.68 Å². The molecular formula is C21H25N5OS2. The molecular weight excluding hydrogens is 402 g/mol. The van der Waals surface area contributed by atoms with Gasteiger partial charge in [0.1, 0.15) is 0 Å². The third-order valence-electron chi connectivity index (χ3n) is 5.33. The third kappa shape index (κ3) is 4.64. The number of carbonyl (C=O) groups is 1. The largest absolute Gasteiger partial charge is 0.342 e. The Morgan fingerprint density at radius 1 is 1.21 bits per heavy atom. The second kappa shape index (κ2) is 9.00. The molecule has 1 atom stereocenters. The van der Waals surface area contributed by atoms with Crippen molar-refractivity contribution < 1.29 is 4.79 Å². The summed E-state index contributed by atoms with van der Waals surface area (Å²) in [7, 11) is 0. The van der Waals surface area contributed by atoms with Gasteiger partial charge in [0.05, 0.1) is 10.1 Å². The molecule has 6 nitrogen and oxygen atoms in total. The van der Waals surface area contributed by atoms with Crippen LogP contribution in [0.15, 0.2) is 53.0 Å². The highest BCUT2D eigenvalue weighted by atomic mass is 32.2. The fourth-order valence-electron chi connectivity index (χ4n) is 3.70. The van der Waals surface area contributed by atoms with Crippen LogP contribution in [-0.2, 0) is 11.2 Å². The van der Waals surface area contributed by atoms with Crippen LogP contribution in [0.1, 0.15) is 25.3 Å². The molecule has 8 heteroatoms. The van der Waals surface area contributed by atoms with Crippen molar-refractivity contribution >= 4 is 29.0 Å². The van der Waals surface area contributed by atoms with Gasteiger partial charge in [-0.3, -0.25) is 4.79 Å². The van der Waals surface area contributed by atoms with E-state index in [-0.39, 0.29) is 11.2 Å². The van der Waals surface area contributed by atoms with Gasteiger partial charge in [-0.05, 0) is 49.1 Å². The molecule has 0 radical (unpaired) electrons. The van der Waals surface area contributed by atoms with Crippen molar-refractivity contribution in [1.29, 1.82) is 0 Å². The maximum atomic E-state index is 12.9. The van der Waals surface area contributed by atoms with Crippen LogP contribution in [-0.4, -0.2) is 44.0 Å². The molecule has 1 aliphatic heterocycles. The first kappa shape index (κ1) is 20.0. The van der Waals surface area contributed by atoms with Gasteiger partial charge in [0.25, 0.3) is 0 Å². The first-order valence-corrected chi connectivity index (χ1v) is 11.6. The summed E-state index contributed by atoms with van der Waals surface area (Å²) in [5, 5.41) is 10.7. The van der Waals surface area contributed by atoms with E-state index in [9.17, 15) is 4.79 Å². The number of rotatable bonds is 6. The van der Waals surface area contributed by atoms with Crippen LogP contribution < -0.4 is 5.84 Å². The lowest BCUT2D eigenvalue weighted by Crippen LogP contribution is -2.42. The van der Waals surface area contributed by atoms with Gasteiger partial charge in [-0.1, -0.05) is 48.2 Å². The smallest absolute Gasteiger partial charge is 0.235 e. The number of benzene rings is 1. The maximum Gasteiger partial charge on any atom is 0.235 e. The Labute approximate surface area is 179 Å². The number of nitrogens with zero attached hydrogens (tertiary/aromatic N) is 4. The zero-order valence-corrected chi connectivity index (χ0v) is 18.0. The quantitative estimate of drug-likeness (QED) is 0.480. The van der Waals surface area contributed by atoms with Crippen molar-refractivity contribution in [3.63, 3.8) is 0 Å². The van der Waals surface area contributed by atoms with Crippen molar-refractivity contribution in [3.8, 4) is 10.7 Å². The fraction of sp³-hybridized carbons (Fsp3) is 0.381. The summed E-state index contributed by atoms with van der Waals surface area (Å²) in [6.07, 6.45) is 3.19. The highest BCUT2D eigenvalue weighted by Crippen LogP contribution is 2.29. The number of carbonyl (C=O) groups excluding carboxylic acids is 1. The van der Waals surface area contributed by atoms with Crippen molar-refractivity contribution in [1.82, 2.24) is 19.8 Å². The number of likely N-dealkylation sites (tertiary alicyclic amines) is 1. The summed E-state index contributed by atoms with van der Waals surface area (Å²) >= 11 is 2.94. The first-order valence-electron chi connectivity index (χ1n) is 9.85. The van der Waals surface area contributed by atoms with Gasteiger partial charge >= 0.3 is 0 Å². The van der Waals surface area contributed by atoms with Crippen LogP contribution in [0.2, 0.25) is 0 Å². The number of nitrogens with two attached hydrogens (primary N) is 1. The normalized spacial score (nSPS) is 16.1. The van der Waals surface area contributed by atoms with Crippen molar-refractivity contribution in [3.05, 3.63) is 53.4 Å². The molecule has 1 unspecified atom stereocenters. The Kier molecular flexibility index (Phi) is 6.20. The van der Waals surface area contributed by atoms with E-state index >= 15 is 0 Å². The van der Waals surface area contributed by atoms with Crippen LogP contribution >= 0.6 is 23.1 Å². The van der Waals surface area contributed by atoms with Gasteiger partial charge in [-0.15, -0.1) is 21.5 Å². The van der Waals surface area contributed by atoms with Crippen LogP contribution in [0.3, 0.4) is 0 Å². The Bertz CT molecular complexity index is 933. The van der Waals surface area contributed by atoms with E-state index in [0.29, 0.717) is 16.9 Å². The predicted octanol–water partition coefficient (Wildman–Crippen LogP) is 3.68. The number of piperidine rings is 1. The maximum absolute atomic E-state index is 12.9. The molecule has 1 aromatic carbocycles. The zero-order chi connectivity index (χ0) is 20.2. The molecule has 152 valence electrons. The van der Waals surface area contributed by atoms with Crippen molar-refractivity contribution in [2.24, 2.45) is 5.92 Å². The van der Waals surface area contributed by atoms with Gasteiger partial charge in [-0.2, -0.15) is 0 Å². The number of hydrogen-bond acceptors (Lipinski definition) is 6. The molecule has 0 saturated carbocycles. The average Bonchev–Trinajstić information content (AvgIpc) is 3.39. The summed E-state index contributed by atoms with van der Waals surface area (Å²) in [6, 6.07) is 14.5. The third-order valence-corrected chi connectivity index (χ3v) is 7.24. The molecule has 1 fully saturated rings. The summed E-state index contributed by atoms with van der Waals surface area (Å²) in [6.45, 7) is 3.55. The van der Waals surface area contributed by atoms with Crippen LogP contribution in [0.25, 0.3) is 10.7 Å². The minimum atomic E-state index is -0.247. The molecule has 0 aliphatic carbocycles. The standard InChI is InChI=1S/C21H25N5OS2/c1-15(29-21-24-23-19(26(21)22)18-8-5-13-28-18)20(27)25-11-9-17(10-12-25)14-16-6-3-2-4-7-16/h2-8,13,15,17H,9-12,14,22H2,1H3. The van der Waals surface area contributed by atoms with Gasteiger partial charge < -0.3 is 10.7 Å². The second-order valence-electron chi connectivity index (χ2n) is 7.37. The molecule has 1 saturated heterocycles. The second-order valence-corrected chi connectivity index (χ2v) is 9.63.